The summed E-state index contributed by atoms with van der Waals surface area (Å²) in [7, 11) is 0. The number of carbonyl (C=O) groups excluding carboxylic acids is 1. The summed E-state index contributed by atoms with van der Waals surface area (Å²) in [6.07, 6.45) is 18.3. The summed E-state index contributed by atoms with van der Waals surface area (Å²) in [5.74, 6) is 0.741. The first kappa shape index (κ1) is 27.7. The second-order valence-corrected chi connectivity index (χ2v) is 9.10. The van der Waals surface area contributed by atoms with E-state index in [2.05, 4.69) is 49.4 Å². The van der Waals surface area contributed by atoms with Crippen molar-refractivity contribution in [2.24, 2.45) is 11.7 Å². The van der Waals surface area contributed by atoms with E-state index in [1.54, 1.807) is 5.57 Å². The summed E-state index contributed by atoms with van der Waals surface area (Å²) in [4.78, 5) is 9.77. The molecular weight excluding hydrogens is 398 g/mol. The number of rotatable bonds is 9. The van der Waals surface area contributed by atoms with Gasteiger partial charge in [0.2, 0.25) is 0 Å². The Bertz CT molecular complexity index is 652. The Labute approximate surface area is 197 Å². The number of nitrogens with two attached hydrogens (primary N) is 1. The molecule has 174 valence electrons. The molecule has 3 rings (SSSR count). The van der Waals surface area contributed by atoms with Gasteiger partial charge in [0.15, 0.2) is 0 Å². The lowest BCUT2D eigenvalue weighted by Crippen LogP contribution is -2.16. The first-order valence-electron chi connectivity index (χ1n) is 12.4. The lowest BCUT2D eigenvalue weighted by Gasteiger charge is -2.22. The normalized spacial score (nSPS) is 20.9. The van der Waals surface area contributed by atoms with Gasteiger partial charge < -0.3 is 10.5 Å². The predicted molar refractivity (Wildman–Crippen MR) is 140 cm³/mol. The molecule has 0 saturated heterocycles. The van der Waals surface area contributed by atoms with Crippen molar-refractivity contribution in [3.8, 4) is 0 Å². The Balaban J connectivity index is 0.000000409. The first-order valence-corrected chi connectivity index (χ1v) is 13.0. The molecule has 2 aliphatic carbocycles. The molecule has 0 radical (unpaired) electrons. The predicted octanol–water partition coefficient (Wildman–Crippen LogP) is 7.48. The van der Waals surface area contributed by atoms with E-state index in [0.29, 0.717) is 11.3 Å². The molecule has 3 atom stereocenters. The monoisotopic (exact) mass is 443 g/mol. The average molecular weight is 444 g/mol. The molecule has 3 heteroatoms. The van der Waals surface area contributed by atoms with E-state index < -0.39 is 0 Å². The number of hydrogen-bond acceptors (Lipinski definition) is 3. The second-order valence-electron chi connectivity index (χ2n) is 8.47. The molecular formula is C28H45NOS. The van der Waals surface area contributed by atoms with Gasteiger partial charge in [-0.2, -0.15) is 12.6 Å². The van der Waals surface area contributed by atoms with Gasteiger partial charge in [-0.3, -0.25) is 0 Å². The minimum Gasteiger partial charge on any atom is -0.328 e. The van der Waals surface area contributed by atoms with Crippen LogP contribution in [0.1, 0.15) is 90.5 Å². The van der Waals surface area contributed by atoms with Crippen LogP contribution in [0.25, 0.3) is 0 Å². The molecule has 0 spiro atoms. The maximum atomic E-state index is 9.77. The Morgan fingerprint density at radius 3 is 2.35 bits per heavy atom. The molecule has 0 bridgehead atoms. The molecule has 0 amide bonds. The quantitative estimate of drug-likeness (QED) is 0.236. The van der Waals surface area contributed by atoms with Gasteiger partial charge >= 0.3 is 0 Å². The number of carbonyl (C=O) groups is 1. The Hall–Kier alpha value is -1.32. The highest BCUT2D eigenvalue weighted by Crippen LogP contribution is 2.36. The maximum Gasteiger partial charge on any atom is 0.119 e. The summed E-state index contributed by atoms with van der Waals surface area (Å²) in [6.45, 7) is 6.17. The van der Waals surface area contributed by atoms with Crippen LogP contribution in [0.3, 0.4) is 0 Å². The van der Waals surface area contributed by atoms with Gasteiger partial charge in [-0.25, -0.2) is 0 Å². The van der Waals surface area contributed by atoms with Crippen LogP contribution in [0.5, 0.6) is 0 Å². The summed E-state index contributed by atoms with van der Waals surface area (Å²) < 4.78 is 0. The number of hydrogen-bond donors (Lipinski definition) is 2. The van der Waals surface area contributed by atoms with Crippen molar-refractivity contribution in [3.05, 3.63) is 59.2 Å². The molecule has 0 heterocycles. The van der Waals surface area contributed by atoms with E-state index in [4.69, 9.17) is 18.4 Å². The van der Waals surface area contributed by atoms with Gasteiger partial charge in [0.1, 0.15) is 6.29 Å². The Morgan fingerprint density at radius 2 is 1.81 bits per heavy atom. The van der Waals surface area contributed by atoms with Crippen molar-refractivity contribution in [2.45, 2.75) is 103 Å². The van der Waals surface area contributed by atoms with Crippen LogP contribution < -0.4 is 5.73 Å². The minimum atomic E-state index is 0.344. The third kappa shape index (κ3) is 11.2. The molecule has 2 aliphatic rings. The average Bonchev–Trinajstić information content (AvgIpc) is 3.26. The highest BCUT2D eigenvalue weighted by atomic mass is 32.1. The van der Waals surface area contributed by atoms with Crippen LogP contribution in [-0.2, 0) is 11.2 Å². The zero-order chi connectivity index (χ0) is 22.9. The fourth-order valence-electron chi connectivity index (χ4n) is 4.26. The minimum absolute atomic E-state index is 0.344. The molecule has 1 aromatic rings. The molecule has 0 aromatic heterocycles. The topological polar surface area (TPSA) is 43.1 Å². The van der Waals surface area contributed by atoms with Crippen molar-refractivity contribution < 1.29 is 4.79 Å². The number of benzene rings is 1. The number of thiol groups is 1. The number of unbranched alkanes of at least 4 members (excludes halogenated alkanes) is 4. The van der Waals surface area contributed by atoms with E-state index in [-0.39, 0.29) is 0 Å². The summed E-state index contributed by atoms with van der Waals surface area (Å²) >= 11 is 4.82. The van der Waals surface area contributed by atoms with Crippen molar-refractivity contribution in [3.63, 3.8) is 0 Å². The van der Waals surface area contributed by atoms with Crippen LogP contribution in [0.15, 0.2) is 53.6 Å². The van der Waals surface area contributed by atoms with E-state index in [0.717, 1.165) is 31.5 Å². The fraction of sp³-hybridized carbons (Fsp3) is 0.607. The van der Waals surface area contributed by atoms with Crippen molar-refractivity contribution in [1.29, 1.82) is 0 Å². The molecule has 31 heavy (non-hydrogen) atoms. The summed E-state index contributed by atoms with van der Waals surface area (Å²) in [5, 5.41) is 0.344. The molecule has 0 aliphatic heterocycles. The SMILES string of the molecule is CC.CCCCCCC=O.NC1CCC(C2=CC=C(C(S)Cc3ccccc3)CC2)C1. The number of aldehydes is 1. The Morgan fingerprint density at radius 1 is 1.06 bits per heavy atom. The Kier molecular flexibility index (Phi) is 15.4. The molecule has 1 saturated carbocycles. The molecule has 1 aromatic carbocycles. The van der Waals surface area contributed by atoms with Crippen molar-refractivity contribution in [1.82, 2.24) is 0 Å². The van der Waals surface area contributed by atoms with E-state index in [9.17, 15) is 4.79 Å². The van der Waals surface area contributed by atoms with Crippen molar-refractivity contribution >= 4 is 18.9 Å². The van der Waals surface area contributed by atoms with Crippen LogP contribution in [0.4, 0.5) is 0 Å². The van der Waals surface area contributed by atoms with Gasteiger partial charge in [-0.15, -0.1) is 0 Å². The highest BCUT2D eigenvalue weighted by molar-refractivity contribution is 7.81. The van der Waals surface area contributed by atoms with Gasteiger partial charge in [0.25, 0.3) is 0 Å². The van der Waals surface area contributed by atoms with Gasteiger partial charge in [-0.05, 0) is 56.4 Å². The maximum absolute atomic E-state index is 9.77. The van der Waals surface area contributed by atoms with E-state index >= 15 is 0 Å². The first-order chi connectivity index (χ1) is 15.1. The standard InChI is InChI=1S/C19H25NS.C7H14O.C2H6/c20-18-11-10-17(13-18)15-6-8-16(9-7-15)19(21)12-14-4-2-1-3-5-14;1-2-3-4-5-6-7-8;1-2/h1-6,8,17-19,21H,7,9-13,20H2;7H,2-6H2,1H3;1-2H3. The van der Waals surface area contributed by atoms with Crippen LogP contribution >= 0.6 is 12.6 Å². The van der Waals surface area contributed by atoms with E-state index in [1.165, 1.54) is 62.5 Å². The van der Waals surface area contributed by atoms with Gasteiger partial charge in [0.05, 0.1) is 0 Å². The molecule has 2 N–H and O–H groups in total. The third-order valence-electron chi connectivity index (χ3n) is 6.09. The third-order valence-corrected chi connectivity index (χ3v) is 6.60. The smallest absolute Gasteiger partial charge is 0.119 e. The van der Waals surface area contributed by atoms with Crippen LogP contribution in [-0.4, -0.2) is 17.6 Å². The molecule has 1 fully saturated rings. The van der Waals surface area contributed by atoms with Crippen LogP contribution in [0, 0.1) is 5.92 Å². The van der Waals surface area contributed by atoms with Crippen LogP contribution in [0.2, 0.25) is 0 Å². The van der Waals surface area contributed by atoms with Gasteiger partial charge in [0, 0.05) is 17.7 Å². The van der Waals surface area contributed by atoms with Crippen molar-refractivity contribution in [2.75, 3.05) is 0 Å². The van der Waals surface area contributed by atoms with Gasteiger partial charge in [-0.1, -0.05) is 93.7 Å². The molecule has 2 nitrogen and oxygen atoms in total. The summed E-state index contributed by atoms with van der Waals surface area (Å²) in [5.41, 5.74) is 10.5. The van der Waals surface area contributed by atoms with E-state index in [1.807, 2.05) is 13.8 Å². The second kappa shape index (κ2) is 17.3. The number of allylic oxidation sites excluding steroid dienone is 3. The largest absolute Gasteiger partial charge is 0.328 e. The lowest BCUT2D eigenvalue weighted by atomic mass is 9.86. The summed E-state index contributed by atoms with van der Waals surface area (Å²) in [6, 6.07) is 11.1. The molecule has 3 unspecified atom stereocenters. The zero-order valence-electron chi connectivity index (χ0n) is 20.1. The lowest BCUT2D eigenvalue weighted by molar-refractivity contribution is -0.107. The zero-order valence-corrected chi connectivity index (χ0v) is 21.0. The fourth-order valence-corrected chi connectivity index (χ4v) is 4.69. The highest BCUT2D eigenvalue weighted by Gasteiger charge is 2.26.